The molecule has 1 aromatic carbocycles. The summed E-state index contributed by atoms with van der Waals surface area (Å²) in [5.41, 5.74) is 0.768. The molecular formula is C11H15NO2S. The standard InChI is InChI=1S/C11H15NO2S/c1-11(2,3)10-8-6-4-5-7-9(8)15(13,14)12-10/h4-7,10,12H,1-3H3. The zero-order valence-corrected chi connectivity index (χ0v) is 9.93. The largest absolute Gasteiger partial charge is 0.241 e. The zero-order chi connectivity index (χ0) is 11.3. The third-order valence-corrected chi connectivity index (χ3v) is 4.16. The molecule has 82 valence electrons. The maximum atomic E-state index is 11.8. The smallest absolute Gasteiger partial charge is 0.207 e. The Balaban J connectivity index is 2.62. The van der Waals surface area contributed by atoms with Gasteiger partial charge in [-0.15, -0.1) is 0 Å². The van der Waals surface area contributed by atoms with Crippen LogP contribution in [0, 0.1) is 5.41 Å². The van der Waals surface area contributed by atoms with Crippen molar-refractivity contribution >= 4 is 10.0 Å². The number of sulfonamides is 1. The van der Waals surface area contributed by atoms with Crippen molar-refractivity contribution in [2.24, 2.45) is 5.41 Å². The van der Waals surface area contributed by atoms with E-state index >= 15 is 0 Å². The fraction of sp³-hybridized carbons (Fsp3) is 0.455. The Morgan fingerprint density at radius 2 is 1.80 bits per heavy atom. The van der Waals surface area contributed by atoms with Gasteiger partial charge in [0.15, 0.2) is 0 Å². The maximum absolute atomic E-state index is 11.8. The molecule has 0 spiro atoms. The van der Waals surface area contributed by atoms with Crippen molar-refractivity contribution in [2.75, 3.05) is 0 Å². The van der Waals surface area contributed by atoms with E-state index in [1.165, 1.54) is 0 Å². The van der Waals surface area contributed by atoms with Crippen LogP contribution in [0.3, 0.4) is 0 Å². The van der Waals surface area contributed by atoms with Crippen molar-refractivity contribution in [2.45, 2.75) is 31.7 Å². The van der Waals surface area contributed by atoms with E-state index < -0.39 is 10.0 Å². The van der Waals surface area contributed by atoms with Gasteiger partial charge < -0.3 is 0 Å². The summed E-state index contributed by atoms with van der Waals surface area (Å²) in [6.45, 7) is 6.09. The maximum Gasteiger partial charge on any atom is 0.241 e. The van der Waals surface area contributed by atoms with Gasteiger partial charge in [-0.2, -0.15) is 0 Å². The summed E-state index contributed by atoms with van der Waals surface area (Å²) in [6.07, 6.45) is 0. The van der Waals surface area contributed by atoms with Crippen LogP contribution in [0.5, 0.6) is 0 Å². The third-order valence-electron chi connectivity index (χ3n) is 2.66. The molecule has 0 saturated carbocycles. The molecule has 1 heterocycles. The normalized spacial score (nSPS) is 23.8. The Kier molecular flexibility index (Phi) is 2.17. The van der Waals surface area contributed by atoms with E-state index in [4.69, 9.17) is 0 Å². The Morgan fingerprint density at radius 3 is 2.40 bits per heavy atom. The molecule has 1 unspecified atom stereocenters. The highest BCUT2D eigenvalue weighted by molar-refractivity contribution is 7.89. The predicted octanol–water partition coefficient (Wildman–Crippen LogP) is 2.07. The van der Waals surface area contributed by atoms with Crippen LogP contribution < -0.4 is 4.72 Å². The summed E-state index contributed by atoms with van der Waals surface area (Å²) in [5, 5.41) is 0. The lowest BCUT2D eigenvalue weighted by molar-refractivity contribution is 0.310. The van der Waals surface area contributed by atoms with Gasteiger partial charge in [0.25, 0.3) is 0 Å². The summed E-state index contributed by atoms with van der Waals surface area (Å²) in [7, 11) is -3.29. The SMILES string of the molecule is CC(C)(C)C1NS(=O)(=O)c2ccccc21. The van der Waals surface area contributed by atoms with Crippen LogP contribution in [0.2, 0.25) is 0 Å². The summed E-state index contributed by atoms with van der Waals surface area (Å²) in [6, 6.07) is 7.04. The molecule has 0 fully saturated rings. The Bertz CT molecular complexity index is 486. The number of fused-ring (bicyclic) bond motifs is 1. The summed E-state index contributed by atoms with van der Waals surface area (Å²) >= 11 is 0. The number of rotatable bonds is 0. The van der Waals surface area contributed by atoms with E-state index in [0.717, 1.165) is 5.56 Å². The minimum Gasteiger partial charge on any atom is -0.207 e. The molecule has 0 saturated heterocycles. The zero-order valence-electron chi connectivity index (χ0n) is 9.11. The van der Waals surface area contributed by atoms with Gasteiger partial charge in [-0.25, -0.2) is 13.1 Å². The van der Waals surface area contributed by atoms with Gasteiger partial charge in [-0.1, -0.05) is 39.0 Å². The quantitative estimate of drug-likeness (QED) is 0.734. The van der Waals surface area contributed by atoms with Crippen molar-refractivity contribution in [3.05, 3.63) is 29.8 Å². The second-order valence-corrected chi connectivity index (χ2v) is 6.64. The minimum absolute atomic E-state index is 0.111. The lowest BCUT2D eigenvalue weighted by Crippen LogP contribution is -2.29. The highest BCUT2D eigenvalue weighted by Gasteiger charge is 2.39. The lowest BCUT2D eigenvalue weighted by Gasteiger charge is -2.26. The highest BCUT2D eigenvalue weighted by Crippen LogP contribution is 2.41. The van der Waals surface area contributed by atoms with E-state index in [0.29, 0.717) is 4.90 Å². The van der Waals surface area contributed by atoms with Crippen molar-refractivity contribution in [1.29, 1.82) is 0 Å². The van der Waals surface area contributed by atoms with Gasteiger partial charge in [0.1, 0.15) is 0 Å². The predicted molar refractivity (Wildman–Crippen MR) is 59.0 cm³/mol. The molecular weight excluding hydrogens is 210 g/mol. The molecule has 1 aliphatic heterocycles. The van der Waals surface area contributed by atoms with Gasteiger partial charge in [0, 0.05) is 0 Å². The average Bonchev–Trinajstić information content (AvgIpc) is 2.39. The molecule has 4 heteroatoms. The Hall–Kier alpha value is -0.870. The van der Waals surface area contributed by atoms with Crippen LogP contribution in [-0.4, -0.2) is 8.42 Å². The van der Waals surface area contributed by atoms with Gasteiger partial charge in [0.05, 0.1) is 10.9 Å². The molecule has 0 bridgehead atoms. The van der Waals surface area contributed by atoms with E-state index in [1.54, 1.807) is 12.1 Å². The molecule has 1 atom stereocenters. The van der Waals surface area contributed by atoms with E-state index in [9.17, 15) is 8.42 Å². The third kappa shape index (κ3) is 1.68. The number of nitrogens with one attached hydrogen (secondary N) is 1. The summed E-state index contributed by atoms with van der Waals surface area (Å²) in [4.78, 5) is 0.421. The Labute approximate surface area is 90.6 Å². The molecule has 3 nitrogen and oxygen atoms in total. The van der Waals surface area contributed by atoms with Crippen LogP contribution in [0.4, 0.5) is 0 Å². The average molecular weight is 225 g/mol. The molecule has 0 amide bonds. The fourth-order valence-electron chi connectivity index (χ4n) is 1.89. The fourth-order valence-corrected chi connectivity index (χ4v) is 3.56. The van der Waals surface area contributed by atoms with Gasteiger partial charge in [0.2, 0.25) is 10.0 Å². The highest BCUT2D eigenvalue weighted by atomic mass is 32.2. The van der Waals surface area contributed by atoms with Crippen molar-refractivity contribution < 1.29 is 8.42 Å². The first-order valence-corrected chi connectivity index (χ1v) is 6.42. The monoisotopic (exact) mass is 225 g/mol. The molecule has 2 rings (SSSR count). The molecule has 0 aromatic heterocycles. The van der Waals surface area contributed by atoms with Gasteiger partial charge >= 0.3 is 0 Å². The second kappa shape index (κ2) is 3.06. The second-order valence-electron chi connectivity index (χ2n) is 4.96. The van der Waals surface area contributed by atoms with E-state index in [1.807, 2.05) is 32.9 Å². The summed E-state index contributed by atoms with van der Waals surface area (Å²) in [5.74, 6) is 0. The first kappa shape index (κ1) is 10.6. The molecule has 1 aliphatic rings. The summed E-state index contributed by atoms with van der Waals surface area (Å²) < 4.78 is 26.3. The minimum atomic E-state index is -3.29. The number of hydrogen-bond donors (Lipinski definition) is 1. The molecule has 0 radical (unpaired) electrons. The topological polar surface area (TPSA) is 46.2 Å². The first-order chi connectivity index (χ1) is 6.82. The Morgan fingerprint density at radius 1 is 1.20 bits per heavy atom. The molecule has 0 aliphatic carbocycles. The van der Waals surface area contributed by atoms with Crippen LogP contribution in [0.1, 0.15) is 32.4 Å². The molecule has 1 N–H and O–H groups in total. The van der Waals surface area contributed by atoms with Crippen LogP contribution in [-0.2, 0) is 10.0 Å². The molecule has 15 heavy (non-hydrogen) atoms. The number of benzene rings is 1. The van der Waals surface area contributed by atoms with E-state index in [-0.39, 0.29) is 11.5 Å². The van der Waals surface area contributed by atoms with Crippen molar-refractivity contribution in [3.8, 4) is 0 Å². The number of hydrogen-bond acceptors (Lipinski definition) is 2. The van der Waals surface area contributed by atoms with Crippen LogP contribution in [0.15, 0.2) is 29.2 Å². The van der Waals surface area contributed by atoms with E-state index in [2.05, 4.69) is 4.72 Å². The first-order valence-electron chi connectivity index (χ1n) is 4.93. The van der Waals surface area contributed by atoms with Crippen LogP contribution >= 0.6 is 0 Å². The van der Waals surface area contributed by atoms with Crippen molar-refractivity contribution in [3.63, 3.8) is 0 Å². The molecule has 1 aromatic rings. The van der Waals surface area contributed by atoms with Gasteiger partial charge in [-0.05, 0) is 17.0 Å². The van der Waals surface area contributed by atoms with Gasteiger partial charge in [-0.3, -0.25) is 0 Å². The lowest BCUT2D eigenvalue weighted by atomic mass is 9.83. The van der Waals surface area contributed by atoms with Crippen molar-refractivity contribution in [1.82, 2.24) is 4.72 Å². The van der Waals surface area contributed by atoms with Crippen LogP contribution in [0.25, 0.3) is 0 Å².